The highest BCUT2D eigenvalue weighted by molar-refractivity contribution is 6.16. The minimum Gasteiger partial charge on any atom is -0.508 e. The van der Waals surface area contributed by atoms with Gasteiger partial charge in [-0.05, 0) is 54.6 Å². The maximum atomic E-state index is 9.92. The van der Waals surface area contributed by atoms with Gasteiger partial charge in [-0.3, -0.25) is 0 Å². The molecule has 134 valence electrons. The number of pyridine rings is 1. The summed E-state index contributed by atoms with van der Waals surface area (Å²) in [5.41, 5.74) is 8.11. The van der Waals surface area contributed by atoms with Crippen LogP contribution in [0.4, 0.5) is 0 Å². The number of hydrogen-bond acceptors (Lipinski definition) is 3. The molecule has 4 rings (SSSR count). The van der Waals surface area contributed by atoms with Gasteiger partial charge in [0, 0.05) is 35.1 Å². The fourth-order valence-corrected chi connectivity index (χ4v) is 3.72. The van der Waals surface area contributed by atoms with Crippen molar-refractivity contribution in [2.75, 3.05) is 19.8 Å². The molecule has 0 saturated carbocycles. The van der Waals surface area contributed by atoms with Gasteiger partial charge in [0.1, 0.15) is 5.75 Å². The standard InChI is InChI=1S/C21H23N3O2/c1-13-18-12-24(8-10-26-9-6-22)7-5-16(18)14(2)21-20(13)17-11-15(25)3-4-19(17)23-21/h3-5,7,11-12,25H,6,8-10,22H2,1-2H3/p+1. The normalized spacial score (nSPS) is 11.8. The van der Waals surface area contributed by atoms with Crippen LogP contribution in [0.2, 0.25) is 0 Å². The molecule has 5 nitrogen and oxygen atoms in total. The average Bonchev–Trinajstić information content (AvgIpc) is 3.02. The minimum absolute atomic E-state index is 0.273. The second-order valence-electron chi connectivity index (χ2n) is 6.76. The fourth-order valence-electron chi connectivity index (χ4n) is 3.72. The first-order chi connectivity index (χ1) is 12.6. The zero-order chi connectivity index (χ0) is 18.3. The van der Waals surface area contributed by atoms with Crippen LogP contribution in [0.3, 0.4) is 0 Å². The van der Waals surface area contributed by atoms with E-state index in [9.17, 15) is 5.11 Å². The van der Waals surface area contributed by atoms with E-state index in [0.29, 0.717) is 13.2 Å². The fraction of sp³-hybridized carbons (Fsp3) is 0.286. The number of rotatable bonds is 5. The third-order valence-electron chi connectivity index (χ3n) is 5.06. The van der Waals surface area contributed by atoms with E-state index in [0.717, 1.165) is 34.9 Å². The number of hydrogen-bond donors (Lipinski definition) is 2. The summed E-state index contributed by atoms with van der Waals surface area (Å²) in [5.74, 6) is 0.273. The van der Waals surface area contributed by atoms with E-state index >= 15 is 0 Å². The summed E-state index contributed by atoms with van der Waals surface area (Å²) in [6, 6.07) is 7.55. The molecular formula is C21H24N3O2+. The molecule has 0 amide bonds. The average molecular weight is 350 g/mol. The van der Waals surface area contributed by atoms with Crippen molar-refractivity contribution >= 4 is 32.6 Å². The van der Waals surface area contributed by atoms with Crippen LogP contribution in [0, 0.1) is 13.8 Å². The Morgan fingerprint density at radius 1 is 1.08 bits per heavy atom. The Morgan fingerprint density at radius 2 is 1.92 bits per heavy atom. The van der Waals surface area contributed by atoms with Crippen molar-refractivity contribution in [3.8, 4) is 5.75 Å². The molecule has 0 aliphatic heterocycles. The van der Waals surface area contributed by atoms with E-state index in [2.05, 4.69) is 42.6 Å². The molecule has 0 spiro atoms. The lowest BCUT2D eigenvalue weighted by Gasteiger charge is -2.13. The van der Waals surface area contributed by atoms with Gasteiger partial charge in [-0.1, -0.05) is 0 Å². The second kappa shape index (κ2) is 6.59. The molecule has 0 bridgehead atoms. The van der Waals surface area contributed by atoms with Gasteiger partial charge in [0.05, 0.1) is 30.8 Å². The number of phenolic OH excluding ortho intramolecular Hbond substituents is 1. The van der Waals surface area contributed by atoms with Crippen molar-refractivity contribution in [3.63, 3.8) is 0 Å². The molecule has 2 aromatic carbocycles. The zero-order valence-corrected chi connectivity index (χ0v) is 15.2. The second-order valence-corrected chi connectivity index (χ2v) is 6.76. The zero-order valence-electron chi connectivity index (χ0n) is 15.2. The Hall–Kier alpha value is -2.63. The van der Waals surface area contributed by atoms with E-state index in [-0.39, 0.29) is 5.75 Å². The van der Waals surface area contributed by atoms with Crippen LogP contribution in [0.5, 0.6) is 5.75 Å². The number of fused-ring (bicyclic) bond motifs is 4. The number of ether oxygens (including phenoxy) is 1. The number of nitrogens with zero attached hydrogens (tertiary/aromatic N) is 2. The van der Waals surface area contributed by atoms with Gasteiger partial charge in [0.25, 0.3) is 0 Å². The molecule has 0 fully saturated rings. The van der Waals surface area contributed by atoms with Crippen LogP contribution >= 0.6 is 0 Å². The Morgan fingerprint density at radius 3 is 2.73 bits per heavy atom. The predicted molar refractivity (Wildman–Crippen MR) is 104 cm³/mol. The summed E-state index contributed by atoms with van der Waals surface area (Å²) in [6.07, 6.45) is 4.29. The summed E-state index contributed by atoms with van der Waals surface area (Å²) >= 11 is 0. The van der Waals surface area contributed by atoms with Crippen LogP contribution in [-0.4, -0.2) is 34.4 Å². The van der Waals surface area contributed by atoms with Gasteiger partial charge >= 0.3 is 0 Å². The van der Waals surface area contributed by atoms with Crippen molar-refractivity contribution in [2.24, 2.45) is 0 Å². The van der Waals surface area contributed by atoms with E-state index in [4.69, 9.17) is 9.72 Å². The molecule has 0 aliphatic rings. The van der Waals surface area contributed by atoms with Crippen molar-refractivity contribution in [1.29, 1.82) is 0 Å². The van der Waals surface area contributed by atoms with Crippen molar-refractivity contribution in [1.82, 2.24) is 9.55 Å². The minimum atomic E-state index is 0.273. The summed E-state index contributed by atoms with van der Waals surface area (Å²) in [5, 5.41) is 14.5. The Bertz CT molecular complexity index is 1120. The predicted octanol–water partition coefficient (Wildman–Crippen LogP) is 2.92. The lowest BCUT2D eigenvalue weighted by molar-refractivity contribution is -0.374. The maximum absolute atomic E-state index is 9.92. The summed E-state index contributed by atoms with van der Waals surface area (Å²) in [6.45, 7) is 7.24. The third kappa shape index (κ3) is 2.69. The Labute approximate surface area is 152 Å². The molecule has 2 aromatic heterocycles. The van der Waals surface area contributed by atoms with Gasteiger partial charge in [-0.15, -0.1) is 0 Å². The number of quaternary nitrogens is 1. The largest absolute Gasteiger partial charge is 0.508 e. The molecule has 4 N–H and O–H groups in total. The number of phenols is 1. The van der Waals surface area contributed by atoms with Gasteiger partial charge in [0.2, 0.25) is 0 Å². The molecule has 0 unspecified atom stereocenters. The van der Waals surface area contributed by atoms with Crippen molar-refractivity contribution in [2.45, 2.75) is 20.4 Å². The van der Waals surface area contributed by atoms with Crippen LogP contribution in [0.1, 0.15) is 11.1 Å². The lowest BCUT2D eigenvalue weighted by Crippen LogP contribution is -2.52. The quantitative estimate of drug-likeness (QED) is 0.544. The van der Waals surface area contributed by atoms with Crippen molar-refractivity contribution < 1.29 is 15.6 Å². The van der Waals surface area contributed by atoms with E-state index < -0.39 is 0 Å². The first kappa shape index (κ1) is 16.8. The van der Waals surface area contributed by atoms with Crippen LogP contribution in [0.15, 0.2) is 36.7 Å². The monoisotopic (exact) mass is 350 g/mol. The van der Waals surface area contributed by atoms with Crippen molar-refractivity contribution in [3.05, 3.63) is 47.8 Å². The molecule has 5 heteroatoms. The maximum Gasteiger partial charge on any atom is 0.116 e. The van der Waals surface area contributed by atoms with Gasteiger partial charge in [0.15, 0.2) is 0 Å². The first-order valence-corrected chi connectivity index (χ1v) is 8.98. The molecule has 4 aromatic rings. The van der Waals surface area contributed by atoms with Crippen LogP contribution in [0.25, 0.3) is 32.6 Å². The lowest BCUT2D eigenvalue weighted by atomic mass is 9.97. The van der Waals surface area contributed by atoms with Crippen LogP contribution in [-0.2, 0) is 11.3 Å². The molecular weight excluding hydrogens is 326 g/mol. The van der Waals surface area contributed by atoms with Crippen LogP contribution < -0.4 is 5.73 Å². The van der Waals surface area contributed by atoms with Gasteiger partial charge < -0.3 is 20.1 Å². The third-order valence-corrected chi connectivity index (χ3v) is 5.06. The smallest absolute Gasteiger partial charge is 0.116 e. The first-order valence-electron chi connectivity index (χ1n) is 8.98. The summed E-state index contributed by atoms with van der Waals surface area (Å²) < 4.78 is 7.73. The molecule has 0 saturated heterocycles. The number of aromatic hydroxyl groups is 1. The Balaban J connectivity index is 1.90. The highest BCUT2D eigenvalue weighted by atomic mass is 16.5. The summed E-state index contributed by atoms with van der Waals surface area (Å²) in [7, 11) is 0. The molecule has 26 heavy (non-hydrogen) atoms. The summed E-state index contributed by atoms with van der Waals surface area (Å²) in [4.78, 5) is 4.82. The van der Waals surface area contributed by atoms with E-state index in [1.807, 2.05) is 12.1 Å². The SMILES string of the molecule is Cc1c2ccn(CCOCC[NH3+])cc2c(C)c2c1nc1ccc(O)cc12. The molecule has 0 atom stereocenters. The van der Waals surface area contributed by atoms with Gasteiger partial charge in [-0.25, -0.2) is 4.98 Å². The number of aryl methyl sites for hydroxylation is 2. The molecule has 2 heterocycles. The molecule has 0 radical (unpaired) electrons. The highest BCUT2D eigenvalue weighted by Crippen LogP contribution is 2.37. The molecule has 0 aliphatic carbocycles. The topological polar surface area (TPSA) is 74.9 Å². The number of benzene rings is 2. The highest BCUT2D eigenvalue weighted by Gasteiger charge is 2.15. The van der Waals surface area contributed by atoms with E-state index in [1.165, 1.54) is 21.9 Å². The Kier molecular flexibility index (Phi) is 4.26. The van der Waals surface area contributed by atoms with E-state index in [1.54, 1.807) is 6.07 Å². The van der Waals surface area contributed by atoms with Gasteiger partial charge in [-0.2, -0.15) is 0 Å². The number of aromatic nitrogens is 2.